The molecule has 50 heavy (non-hydrogen) atoms. The molecule has 6 rings (SSSR count). The van der Waals surface area contributed by atoms with E-state index in [0.717, 1.165) is 17.0 Å². The van der Waals surface area contributed by atoms with E-state index < -0.39 is 27.9 Å². The van der Waals surface area contributed by atoms with Crippen LogP contribution in [-0.2, 0) is 26.4 Å². The second kappa shape index (κ2) is 14.1. The van der Waals surface area contributed by atoms with Crippen molar-refractivity contribution < 1.29 is 22.1 Å². The van der Waals surface area contributed by atoms with Gasteiger partial charge in [-0.3, -0.25) is 23.5 Å². The van der Waals surface area contributed by atoms with Crippen LogP contribution in [0.5, 0.6) is 5.75 Å². The Bertz CT molecular complexity index is 2220. The summed E-state index contributed by atoms with van der Waals surface area (Å²) in [4.78, 5) is 38.5. The van der Waals surface area contributed by atoms with Crippen LogP contribution in [0, 0.1) is 0 Å². The van der Waals surface area contributed by atoms with Crippen molar-refractivity contribution in [3.8, 4) is 5.75 Å². The quantitative estimate of drug-likeness (QED) is 0.214. The molecule has 1 atom stereocenters. The standard InChI is InChI=1S/C32H36N10O6S2/c1-32(2,3)25-19-49-31(34-25)36-29(43)21-13-15-41-27(16-21)35-28(40-14-5-6-23(18-40)48-50(33,45)46)24(30(41)44)11-12-26-37-38-39-42(26)17-20-7-9-22(47-4)10-8-20/h7-13,15-16,19,23H,5-6,14,17-18H2,1-4H3,(H2,33,45,46)(H,34,36,43)/t23-/m1/s1. The number of fused-ring (bicyclic) bond motifs is 1. The van der Waals surface area contributed by atoms with Gasteiger partial charge in [0.2, 0.25) is 0 Å². The van der Waals surface area contributed by atoms with Gasteiger partial charge in [0.25, 0.3) is 11.5 Å². The van der Waals surface area contributed by atoms with Crippen LogP contribution in [0.2, 0.25) is 0 Å². The highest BCUT2D eigenvalue weighted by molar-refractivity contribution is 7.84. The monoisotopic (exact) mass is 720 g/mol. The molecule has 1 amide bonds. The largest absolute Gasteiger partial charge is 0.497 e. The number of ether oxygens (including phenoxy) is 1. The molecule has 0 spiro atoms. The number of pyridine rings is 1. The minimum atomic E-state index is -4.21. The summed E-state index contributed by atoms with van der Waals surface area (Å²) in [6.07, 6.45) is 4.93. The van der Waals surface area contributed by atoms with E-state index in [1.807, 2.05) is 50.4 Å². The predicted octanol–water partition coefficient (Wildman–Crippen LogP) is 3.10. The molecule has 1 aromatic carbocycles. The fourth-order valence-electron chi connectivity index (χ4n) is 5.42. The van der Waals surface area contributed by atoms with Gasteiger partial charge in [0.1, 0.15) is 17.2 Å². The van der Waals surface area contributed by atoms with E-state index in [1.54, 1.807) is 28.8 Å². The number of amides is 1. The average Bonchev–Trinajstić information content (AvgIpc) is 3.73. The van der Waals surface area contributed by atoms with Crippen molar-refractivity contribution in [2.24, 2.45) is 5.14 Å². The molecule has 3 N–H and O–H groups in total. The van der Waals surface area contributed by atoms with E-state index in [2.05, 4.69) is 25.8 Å². The van der Waals surface area contributed by atoms with Crippen molar-refractivity contribution in [1.82, 2.24) is 34.6 Å². The molecule has 1 aliphatic heterocycles. The van der Waals surface area contributed by atoms with Crippen LogP contribution in [0.4, 0.5) is 10.9 Å². The first-order valence-electron chi connectivity index (χ1n) is 15.6. The molecule has 0 aliphatic carbocycles. The topological polar surface area (TPSA) is 202 Å². The Morgan fingerprint density at radius 1 is 1.16 bits per heavy atom. The summed E-state index contributed by atoms with van der Waals surface area (Å²) >= 11 is 1.33. The molecule has 4 aromatic heterocycles. The van der Waals surface area contributed by atoms with Crippen molar-refractivity contribution in [1.29, 1.82) is 0 Å². The van der Waals surface area contributed by atoms with Crippen molar-refractivity contribution in [2.75, 3.05) is 30.4 Å². The maximum Gasteiger partial charge on any atom is 0.333 e. The molecular weight excluding hydrogens is 685 g/mol. The highest BCUT2D eigenvalue weighted by Crippen LogP contribution is 2.28. The maximum absolute atomic E-state index is 14.1. The number of methoxy groups -OCH3 is 1. The molecule has 18 heteroatoms. The third kappa shape index (κ3) is 8.05. The number of rotatable bonds is 10. The van der Waals surface area contributed by atoms with E-state index >= 15 is 0 Å². The molecular formula is C32H36N10O6S2. The smallest absolute Gasteiger partial charge is 0.333 e. The van der Waals surface area contributed by atoms with Crippen molar-refractivity contribution in [3.63, 3.8) is 0 Å². The highest BCUT2D eigenvalue weighted by atomic mass is 32.2. The zero-order valence-corrected chi connectivity index (χ0v) is 29.4. The first kappa shape index (κ1) is 34.8. The maximum atomic E-state index is 14.1. The number of tetrazole rings is 1. The fourth-order valence-corrected chi connectivity index (χ4v) is 6.89. The Balaban J connectivity index is 1.35. The lowest BCUT2D eigenvalue weighted by Gasteiger charge is -2.33. The van der Waals surface area contributed by atoms with Crippen LogP contribution in [0.3, 0.4) is 0 Å². The molecule has 262 valence electrons. The second-order valence-electron chi connectivity index (χ2n) is 12.7. The molecule has 0 radical (unpaired) electrons. The molecule has 1 saturated heterocycles. The molecule has 0 saturated carbocycles. The molecule has 1 fully saturated rings. The van der Waals surface area contributed by atoms with Crippen molar-refractivity contribution in [2.45, 2.75) is 51.7 Å². The van der Waals surface area contributed by atoms with Crippen LogP contribution in [0.1, 0.15) is 66.6 Å². The number of aromatic nitrogens is 7. The lowest BCUT2D eigenvalue weighted by Crippen LogP contribution is -2.43. The predicted molar refractivity (Wildman–Crippen MR) is 188 cm³/mol. The van der Waals surface area contributed by atoms with Crippen molar-refractivity contribution in [3.05, 3.63) is 86.5 Å². The lowest BCUT2D eigenvalue weighted by atomic mass is 9.93. The van der Waals surface area contributed by atoms with Crippen LogP contribution in [-0.4, -0.2) is 75.2 Å². The van der Waals surface area contributed by atoms with E-state index in [4.69, 9.17) is 19.0 Å². The minimum Gasteiger partial charge on any atom is -0.497 e. The van der Waals surface area contributed by atoms with E-state index in [9.17, 15) is 18.0 Å². The summed E-state index contributed by atoms with van der Waals surface area (Å²) in [7, 11) is -2.62. The zero-order valence-electron chi connectivity index (χ0n) is 27.8. The molecule has 16 nitrogen and oxygen atoms in total. The molecule has 5 heterocycles. The number of carbonyl (C=O) groups is 1. The number of nitrogens with zero attached hydrogens (tertiary/aromatic N) is 8. The van der Waals surface area contributed by atoms with E-state index in [0.29, 0.717) is 36.9 Å². The number of hydrogen-bond acceptors (Lipinski definition) is 13. The normalized spacial score (nSPS) is 15.5. The molecule has 1 aliphatic rings. The van der Waals surface area contributed by atoms with Gasteiger partial charge in [-0.1, -0.05) is 32.9 Å². The van der Waals surface area contributed by atoms with Gasteiger partial charge in [-0.2, -0.15) is 8.42 Å². The molecule has 0 unspecified atom stereocenters. The van der Waals surface area contributed by atoms with Crippen LogP contribution in [0.15, 0.2) is 52.8 Å². The number of carbonyl (C=O) groups excluding carboxylic acids is 1. The third-order valence-corrected chi connectivity index (χ3v) is 9.30. The summed E-state index contributed by atoms with van der Waals surface area (Å²) < 4.78 is 36.7. The van der Waals surface area contributed by atoms with E-state index in [-0.39, 0.29) is 34.6 Å². The summed E-state index contributed by atoms with van der Waals surface area (Å²) in [6.45, 7) is 7.05. The first-order valence-corrected chi connectivity index (χ1v) is 18.0. The van der Waals surface area contributed by atoms with Crippen LogP contribution >= 0.6 is 11.3 Å². The molecule has 5 aromatic rings. The van der Waals surface area contributed by atoms with Gasteiger partial charge in [-0.15, -0.1) is 16.4 Å². The van der Waals surface area contributed by atoms with Crippen molar-refractivity contribution >= 4 is 56.3 Å². The van der Waals surface area contributed by atoms with Gasteiger partial charge in [0.15, 0.2) is 11.0 Å². The number of anilines is 2. The van der Waals surface area contributed by atoms with Crippen LogP contribution < -0.4 is 25.7 Å². The van der Waals surface area contributed by atoms with Gasteiger partial charge >= 0.3 is 10.3 Å². The highest BCUT2D eigenvalue weighted by Gasteiger charge is 2.28. The van der Waals surface area contributed by atoms with Gasteiger partial charge in [0, 0.05) is 35.6 Å². The Labute approximate surface area is 291 Å². The number of nitrogens with two attached hydrogens (primary N) is 1. The fraction of sp³-hybridized carbons (Fsp3) is 0.344. The van der Waals surface area contributed by atoms with E-state index in [1.165, 1.54) is 34.1 Å². The zero-order chi connectivity index (χ0) is 35.6. The SMILES string of the molecule is COc1ccc(Cn2nnnc2C=Cc2c(N3CCC[C@@H](OS(N)(=O)=O)C3)nc3cc(C(=O)Nc4nc(C(C)(C)C)cs4)ccn3c2=O)cc1. The minimum absolute atomic E-state index is 0.107. The Morgan fingerprint density at radius 2 is 1.94 bits per heavy atom. The van der Waals surface area contributed by atoms with Gasteiger partial charge in [-0.25, -0.2) is 19.8 Å². The number of nitrogens with one attached hydrogen (secondary N) is 1. The van der Waals surface area contributed by atoms with Gasteiger partial charge in [0.05, 0.1) is 31.0 Å². The van der Waals surface area contributed by atoms with Gasteiger partial charge < -0.3 is 9.64 Å². The summed E-state index contributed by atoms with van der Waals surface area (Å²) in [5, 5.41) is 22.4. The van der Waals surface area contributed by atoms with Gasteiger partial charge in [-0.05, 0) is 65.2 Å². The lowest BCUT2D eigenvalue weighted by molar-refractivity contribution is 0.102. The number of piperidine rings is 1. The first-order chi connectivity index (χ1) is 23.8. The summed E-state index contributed by atoms with van der Waals surface area (Å²) in [5.74, 6) is 0.966. The summed E-state index contributed by atoms with van der Waals surface area (Å²) in [6, 6.07) is 10.5. The number of hydrogen-bond donors (Lipinski definition) is 2. The number of benzene rings is 1. The average molecular weight is 721 g/mol. The third-order valence-electron chi connectivity index (χ3n) is 8.00. The Morgan fingerprint density at radius 3 is 2.64 bits per heavy atom. The van der Waals surface area contributed by atoms with Crippen LogP contribution in [0.25, 0.3) is 17.8 Å². The number of thiazole rings is 1. The Kier molecular flexibility index (Phi) is 9.79. The Hall–Kier alpha value is -5.04. The summed E-state index contributed by atoms with van der Waals surface area (Å²) in [5.41, 5.74) is 1.87. The molecule has 0 bridgehead atoms. The second-order valence-corrected chi connectivity index (χ2v) is 14.8.